The Hall–Kier alpha value is -2.09. The van der Waals surface area contributed by atoms with E-state index in [9.17, 15) is 4.79 Å². The van der Waals surface area contributed by atoms with Gasteiger partial charge in [0.25, 0.3) is 5.91 Å². The molecule has 2 aromatic carbocycles. The molecule has 0 aliphatic carbocycles. The summed E-state index contributed by atoms with van der Waals surface area (Å²) in [6.45, 7) is 0.150. The summed E-state index contributed by atoms with van der Waals surface area (Å²) < 4.78 is 6.66. The van der Waals surface area contributed by atoms with Crippen LogP contribution in [0.1, 0.15) is 16.1 Å². The minimum absolute atomic E-state index is 0.0266. The predicted molar refractivity (Wildman–Crippen MR) is 98.8 cm³/mol. The number of benzene rings is 2. The summed E-state index contributed by atoms with van der Waals surface area (Å²) in [5, 5.41) is 11.2. The average Bonchev–Trinajstić information content (AvgIpc) is 3.05. The van der Waals surface area contributed by atoms with E-state index in [-0.39, 0.29) is 12.3 Å². The predicted octanol–water partition coefficient (Wildman–Crippen LogP) is 4.22. The van der Waals surface area contributed by atoms with Crippen molar-refractivity contribution < 1.29 is 9.53 Å². The zero-order chi connectivity index (χ0) is 18.0. The van der Waals surface area contributed by atoms with Gasteiger partial charge in [-0.05, 0) is 30.3 Å². The second kappa shape index (κ2) is 7.43. The van der Waals surface area contributed by atoms with Gasteiger partial charge in [-0.3, -0.25) is 4.79 Å². The van der Waals surface area contributed by atoms with Crippen LogP contribution >= 0.6 is 39.1 Å². The Bertz CT molecular complexity index is 925. The van der Waals surface area contributed by atoms with Gasteiger partial charge in [-0.2, -0.15) is 15.4 Å². The number of H-pyrrole nitrogens is 1. The fourth-order valence-electron chi connectivity index (χ4n) is 2.22. The standard InChI is InChI=1S/C16H11BrCl2N4O2/c17-8-4-5-13(25-7-10-11(18)2-1-3-12(10)19)9(6-8)14-15(16(20)24)22-23-21-14/h1-6H,7H2,(H2,20,24)(H,21,22,23). The van der Waals surface area contributed by atoms with Crippen LogP contribution < -0.4 is 10.5 Å². The Morgan fingerprint density at radius 1 is 1.20 bits per heavy atom. The number of nitrogens with one attached hydrogen (secondary N) is 1. The molecule has 6 nitrogen and oxygen atoms in total. The quantitative estimate of drug-likeness (QED) is 0.619. The van der Waals surface area contributed by atoms with Crippen LogP contribution in [-0.4, -0.2) is 21.3 Å². The monoisotopic (exact) mass is 440 g/mol. The normalized spacial score (nSPS) is 10.7. The maximum Gasteiger partial charge on any atom is 0.271 e. The topological polar surface area (TPSA) is 93.9 Å². The third-order valence-corrected chi connectivity index (χ3v) is 4.61. The molecule has 0 saturated carbocycles. The summed E-state index contributed by atoms with van der Waals surface area (Å²) in [5.41, 5.74) is 6.88. The van der Waals surface area contributed by atoms with Gasteiger partial charge in [-0.15, -0.1) is 0 Å². The molecule has 128 valence electrons. The lowest BCUT2D eigenvalue weighted by molar-refractivity contribution is 0.0996. The average molecular weight is 442 g/mol. The van der Waals surface area contributed by atoms with E-state index in [2.05, 4.69) is 31.3 Å². The van der Waals surface area contributed by atoms with Crippen molar-refractivity contribution in [2.24, 2.45) is 5.73 Å². The van der Waals surface area contributed by atoms with Gasteiger partial charge in [0.05, 0.1) is 0 Å². The molecule has 0 radical (unpaired) electrons. The smallest absolute Gasteiger partial charge is 0.271 e. The van der Waals surface area contributed by atoms with Crippen molar-refractivity contribution in [3.05, 3.63) is 62.2 Å². The third kappa shape index (κ3) is 3.78. The fraction of sp³-hybridized carbons (Fsp3) is 0.0625. The molecule has 0 fully saturated rings. The van der Waals surface area contributed by atoms with Crippen LogP contribution in [0.3, 0.4) is 0 Å². The van der Waals surface area contributed by atoms with E-state index in [1.165, 1.54) is 0 Å². The highest BCUT2D eigenvalue weighted by Crippen LogP contribution is 2.34. The Balaban J connectivity index is 1.98. The lowest BCUT2D eigenvalue weighted by atomic mass is 10.1. The lowest BCUT2D eigenvalue weighted by Crippen LogP contribution is -2.13. The minimum Gasteiger partial charge on any atom is -0.488 e. The van der Waals surface area contributed by atoms with Crippen molar-refractivity contribution >= 4 is 45.0 Å². The van der Waals surface area contributed by atoms with Gasteiger partial charge in [0.1, 0.15) is 18.1 Å². The first-order chi connectivity index (χ1) is 12.0. The molecule has 3 aromatic rings. The van der Waals surface area contributed by atoms with Crippen LogP contribution in [-0.2, 0) is 6.61 Å². The van der Waals surface area contributed by atoms with E-state index in [0.717, 1.165) is 4.47 Å². The first-order valence-corrected chi connectivity index (χ1v) is 8.58. The number of carbonyl (C=O) groups excluding carboxylic acids is 1. The van der Waals surface area contributed by atoms with Crippen molar-refractivity contribution in [2.45, 2.75) is 6.61 Å². The van der Waals surface area contributed by atoms with Gasteiger partial charge in [-0.25, -0.2) is 0 Å². The third-order valence-electron chi connectivity index (χ3n) is 3.41. The molecule has 0 unspecified atom stereocenters. The van der Waals surface area contributed by atoms with Crippen LogP contribution in [0.15, 0.2) is 40.9 Å². The van der Waals surface area contributed by atoms with Crippen LogP contribution in [0, 0.1) is 0 Å². The molecule has 0 atom stereocenters. The van der Waals surface area contributed by atoms with Crippen LogP contribution in [0.2, 0.25) is 10.0 Å². The molecule has 3 rings (SSSR count). The molecule has 0 aliphatic heterocycles. The highest BCUT2D eigenvalue weighted by molar-refractivity contribution is 9.10. The summed E-state index contributed by atoms with van der Waals surface area (Å²) in [6, 6.07) is 10.5. The molecule has 3 N–H and O–H groups in total. The number of halogens is 3. The SMILES string of the molecule is NC(=O)c1n[nH]nc1-c1cc(Br)ccc1OCc1c(Cl)cccc1Cl. The van der Waals surface area contributed by atoms with Crippen molar-refractivity contribution in [1.29, 1.82) is 0 Å². The van der Waals surface area contributed by atoms with Crippen molar-refractivity contribution in [3.8, 4) is 17.0 Å². The zero-order valence-corrected chi connectivity index (χ0v) is 15.7. The van der Waals surface area contributed by atoms with E-state index in [1.807, 2.05) is 0 Å². The first kappa shape index (κ1) is 17.7. The summed E-state index contributed by atoms with van der Waals surface area (Å²) in [6.07, 6.45) is 0. The summed E-state index contributed by atoms with van der Waals surface area (Å²) >= 11 is 15.7. The maximum atomic E-state index is 11.5. The Kier molecular flexibility index (Phi) is 5.27. The van der Waals surface area contributed by atoms with Gasteiger partial charge in [-0.1, -0.05) is 45.2 Å². The van der Waals surface area contributed by atoms with E-state index in [0.29, 0.717) is 32.6 Å². The summed E-state index contributed by atoms with van der Waals surface area (Å²) in [7, 11) is 0. The number of primary amides is 1. The molecule has 9 heteroatoms. The molecular weight excluding hydrogens is 431 g/mol. The maximum absolute atomic E-state index is 11.5. The number of aromatic amines is 1. The number of hydrogen-bond acceptors (Lipinski definition) is 4. The van der Waals surface area contributed by atoms with Crippen LogP contribution in [0.4, 0.5) is 0 Å². The number of nitrogens with two attached hydrogens (primary N) is 1. The molecule has 0 aliphatic rings. The summed E-state index contributed by atoms with van der Waals surface area (Å²) in [5.74, 6) is -0.209. The van der Waals surface area contributed by atoms with Crippen molar-refractivity contribution in [3.63, 3.8) is 0 Å². The molecule has 25 heavy (non-hydrogen) atoms. The summed E-state index contributed by atoms with van der Waals surface area (Å²) in [4.78, 5) is 11.5. The molecule has 0 spiro atoms. The van der Waals surface area contributed by atoms with E-state index in [4.69, 9.17) is 33.7 Å². The molecule has 1 aromatic heterocycles. The van der Waals surface area contributed by atoms with E-state index >= 15 is 0 Å². The number of aromatic nitrogens is 3. The molecule has 0 bridgehead atoms. The largest absolute Gasteiger partial charge is 0.488 e. The number of carbonyl (C=O) groups is 1. The Morgan fingerprint density at radius 2 is 1.92 bits per heavy atom. The molecular formula is C16H11BrCl2N4O2. The molecule has 1 amide bonds. The zero-order valence-electron chi connectivity index (χ0n) is 12.6. The second-order valence-electron chi connectivity index (χ2n) is 5.01. The van der Waals surface area contributed by atoms with Crippen LogP contribution in [0.25, 0.3) is 11.3 Å². The van der Waals surface area contributed by atoms with Gasteiger partial charge in [0, 0.05) is 25.6 Å². The van der Waals surface area contributed by atoms with Crippen LogP contribution in [0.5, 0.6) is 5.75 Å². The minimum atomic E-state index is -0.691. The number of hydrogen-bond donors (Lipinski definition) is 2. The molecule has 0 saturated heterocycles. The number of amides is 1. The van der Waals surface area contributed by atoms with Gasteiger partial charge in [0.2, 0.25) is 0 Å². The fourth-order valence-corrected chi connectivity index (χ4v) is 3.09. The van der Waals surface area contributed by atoms with Crippen molar-refractivity contribution in [2.75, 3.05) is 0 Å². The van der Waals surface area contributed by atoms with E-state index < -0.39 is 5.91 Å². The number of nitrogens with zero attached hydrogens (tertiary/aromatic N) is 2. The van der Waals surface area contributed by atoms with Crippen molar-refractivity contribution in [1.82, 2.24) is 15.4 Å². The van der Waals surface area contributed by atoms with Gasteiger partial charge >= 0.3 is 0 Å². The van der Waals surface area contributed by atoms with Gasteiger partial charge in [0.15, 0.2) is 5.69 Å². The van der Waals surface area contributed by atoms with Gasteiger partial charge < -0.3 is 10.5 Å². The number of ether oxygens (including phenoxy) is 1. The highest BCUT2D eigenvalue weighted by atomic mass is 79.9. The Morgan fingerprint density at radius 3 is 2.60 bits per heavy atom. The Labute approximate surface area is 161 Å². The lowest BCUT2D eigenvalue weighted by Gasteiger charge is -2.13. The van der Waals surface area contributed by atoms with E-state index in [1.54, 1.807) is 36.4 Å². The second-order valence-corrected chi connectivity index (χ2v) is 6.74. The first-order valence-electron chi connectivity index (χ1n) is 7.03. The highest BCUT2D eigenvalue weighted by Gasteiger charge is 2.19. The number of rotatable bonds is 5. The molecule has 1 heterocycles.